The summed E-state index contributed by atoms with van der Waals surface area (Å²) in [6, 6.07) is 5.01. The monoisotopic (exact) mass is 225 g/mol. The zero-order chi connectivity index (χ0) is 11.0. The van der Waals surface area contributed by atoms with E-state index in [9.17, 15) is 4.79 Å². The Morgan fingerprint density at radius 3 is 2.93 bits per heavy atom. The Morgan fingerprint density at radius 1 is 1.53 bits per heavy atom. The minimum atomic E-state index is -1.09. The molecular formula is C10H8ClNO3. The second-order valence-electron chi connectivity index (χ2n) is 3.12. The predicted molar refractivity (Wildman–Crippen MR) is 56.2 cm³/mol. The maximum Gasteiger partial charge on any atom is 0.373 e. The van der Waals surface area contributed by atoms with Gasteiger partial charge in [0.25, 0.3) is 0 Å². The number of carbonyl (C=O) groups is 1. The zero-order valence-electron chi connectivity index (χ0n) is 7.90. The molecule has 5 heteroatoms. The summed E-state index contributed by atoms with van der Waals surface area (Å²) in [6.45, 7) is 0. The molecule has 1 aliphatic heterocycles. The normalized spacial score (nSPS) is 14.0. The lowest BCUT2D eigenvalue weighted by atomic mass is 10.2. The van der Waals surface area contributed by atoms with Gasteiger partial charge in [0, 0.05) is 12.1 Å². The first-order valence-corrected chi connectivity index (χ1v) is 4.61. The van der Waals surface area contributed by atoms with E-state index in [2.05, 4.69) is 0 Å². The van der Waals surface area contributed by atoms with E-state index in [1.807, 2.05) is 0 Å². The molecule has 0 saturated carbocycles. The van der Waals surface area contributed by atoms with E-state index >= 15 is 0 Å². The van der Waals surface area contributed by atoms with Crippen molar-refractivity contribution in [2.45, 2.75) is 0 Å². The summed E-state index contributed by atoms with van der Waals surface area (Å²) in [7, 11) is 1.74. The van der Waals surface area contributed by atoms with Crippen molar-refractivity contribution in [1.82, 2.24) is 0 Å². The Labute approximate surface area is 91.3 Å². The third-order valence-corrected chi connectivity index (χ3v) is 2.28. The molecule has 1 aromatic rings. The number of nitrogens with zero attached hydrogens (tertiary/aromatic N) is 1. The summed E-state index contributed by atoms with van der Waals surface area (Å²) in [5.41, 5.74) is 0.743. The number of halogens is 1. The molecule has 1 aliphatic rings. The number of hydrogen-bond donors (Lipinski definition) is 1. The van der Waals surface area contributed by atoms with Crippen LogP contribution in [0.1, 0.15) is 0 Å². The van der Waals surface area contributed by atoms with Crippen LogP contribution in [0.2, 0.25) is 5.02 Å². The van der Waals surface area contributed by atoms with Gasteiger partial charge < -0.3 is 14.7 Å². The Hall–Kier alpha value is -1.68. The van der Waals surface area contributed by atoms with Crippen molar-refractivity contribution in [1.29, 1.82) is 0 Å². The lowest BCUT2D eigenvalue weighted by molar-refractivity contribution is -0.135. The number of fused-ring (bicyclic) bond motifs is 1. The highest BCUT2D eigenvalue weighted by Gasteiger charge is 2.20. The second kappa shape index (κ2) is 3.47. The highest BCUT2D eigenvalue weighted by atomic mass is 35.5. The Morgan fingerprint density at radius 2 is 2.27 bits per heavy atom. The molecule has 15 heavy (non-hydrogen) atoms. The van der Waals surface area contributed by atoms with Gasteiger partial charge in [-0.3, -0.25) is 0 Å². The summed E-state index contributed by atoms with van der Waals surface area (Å²) in [4.78, 5) is 12.4. The largest absolute Gasteiger partial charge is 0.475 e. The first-order chi connectivity index (χ1) is 7.08. The van der Waals surface area contributed by atoms with Crippen molar-refractivity contribution in [2.24, 2.45) is 0 Å². The molecule has 0 radical (unpaired) electrons. The van der Waals surface area contributed by atoms with Crippen molar-refractivity contribution in [2.75, 3.05) is 11.9 Å². The number of carboxylic acid groups (broad SMARTS) is 1. The van der Waals surface area contributed by atoms with Gasteiger partial charge in [-0.2, -0.15) is 0 Å². The molecule has 0 aromatic heterocycles. The molecule has 1 aromatic carbocycles. The topological polar surface area (TPSA) is 49.8 Å². The molecule has 0 amide bonds. The van der Waals surface area contributed by atoms with Gasteiger partial charge in [0.2, 0.25) is 5.76 Å². The first-order valence-electron chi connectivity index (χ1n) is 4.23. The summed E-state index contributed by atoms with van der Waals surface area (Å²) < 4.78 is 5.18. The number of carboxylic acids is 1. The second-order valence-corrected chi connectivity index (χ2v) is 3.56. The van der Waals surface area contributed by atoms with E-state index < -0.39 is 5.97 Å². The standard InChI is InChI=1S/C10H8ClNO3/c1-12-5-9(10(13)14)15-8-3-2-6(11)4-7(8)12/h2-5H,1H3,(H,13,14). The van der Waals surface area contributed by atoms with Gasteiger partial charge in [-0.15, -0.1) is 0 Å². The van der Waals surface area contributed by atoms with Gasteiger partial charge in [0.05, 0.1) is 11.9 Å². The predicted octanol–water partition coefficient (Wildman–Crippen LogP) is 2.09. The molecule has 1 N–H and O–H groups in total. The molecule has 0 fully saturated rings. The van der Waals surface area contributed by atoms with Crippen LogP contribution in [0.5, 0.6) is 5.75 Å². The van der Waals surface area contributed by atoms with E-state index in [0.717, 1.165) is 5.69 Å². The number of rotatable bonds is 1. The van der Waals surface area contributed by atoms with Crippen LogP contribution in [0.15, 0.2) is 30.2 Å². The van der Waals surface area contributed by atoms with Crippen LogP contribution in [0.4, 0.5) is 5.69 Å². The Balaban J connectivity index is 2.44. The van der Waals surface area contributed by atoms with E-state index in [0.29, 0.717) is 10.8 Å². The maximum atomic E-state index is 10.7. The van der Waals surface area contributed by atoms with Crippen molar-refractivity contribution >= 4 is 23.3 Å². The van der Waals surface area contributed by atoms with Crippen LogP contribution >= 0.6 is 11.6 Å². The van der Waals surface area contributed by atoms with E-state index in [4.69, 9.17) is 21.4 Å². The van der Waals surface area contributed by atoms with Gasteiger partial charge in [-0.1, -0.05) is 11.6 Å². The number of ether oxygens (including phenoxy) is 1. The summed E-state index contributed by atoms with van der Waals surface area (Å²) in [5, 5.41) is 9.37. The van der Waals surface area contributed by atoms with Crippen LogP contribution in [0.25, 0.3) is 0 Å². The Bertz CT molecular complexity index is 456. The summed E-state index contributed by atoms with van der Waals surface area (Å²) >= 11 is 5.82. The molecule has 2 rings (SSSR count). The molecular weight excluding hydrogens is 218 g/mol. The highest BCUT2D eigenvalue weighted by molar-refractivity contribution is 6.31. The van der Waals surface area contributed by atoms with Crippen molar-refractivity contribution < 1.29 is 14.6 Å². The average molecular weight is 226 g/mol. The fraction of sp³-hybridized carbons (Fsp3) is 0.100. The smallest absolute Gasteiger partial charge is 0.373 e. The van der Waals surface area contributed by atoms with Gasteiger partial charge in [-0.05, 0) is 18.2 Å². The number of aliphatic carboxylic acids is 1. The zero-order valence-corrected chi connectivity index (χ0v) is 8.65. The lowest BCUT2D eigenvalue weighted by Gasteiger charge is -2.24. The summed E-state index contributed by atoms with van der Waals surface area (Å²) in [5.74, 6) is -0.712. The SMILES string of the molecule is CN1C=C(C(=O)O)Oc2ccc(Cl)cc21. The number of hydrogen-bond acceptors (Lipinski definition) is 3. The minimum Gasteiger partial charge on any atom is -0.475 e. The van der Waals surface area contributed by atoms with Gasteiger partial charge in [-0.25, -0.2) is 4.79 Å². The quantitative estimate of drug-likeness (QED) is 0.795. The molecule has 0 unspecified atom stereocenters. The first kappa shape index (κ1) is 9.86. The molecule has 0 atom stereocenters. The highest BCUT2D eigenvalue weighted by Crippen LogP contribution is 2.35. The van der Waals surface area contributed by atoms with Crippen LogP contribution < -0.4 is 9.64 Å². The third kappa shape index (κ3) is 1.76. The van der Waals surface area contributed by atoms with E-state index in [-0.39, 0.29) is 5.76 Å². The fourth-order valence-electron chi connectivity index (χ4n) is 1.34. The molecule has 0 spiro atoms. The van der Waals surface area contributed by atoms with E-state index in [1.165, 1.54) is 6.20 Å². The van der Waals surface area contributed by atoms with Crippen molar-refractivity contribution in [3.8, 4) is 5.75 Å². The van der Waals surface area contributed by atoms with Crippen LogP contribution in [0.3, 0.4) is 0 Å². The Kier molecular flexibility index (Phi) is 2.28. The number of anilines is 1. The molecule has 78 valence electrons. The lowest BCUT2D eigenvalue weighted by Crippen LogP contribution is -2.21. The average Bonchev–Trinajstić information content (AvgIpc) is 2.18. The molecule has 1 heterocycles. The van der Waals surface area contributed by atoms with Gasteiger partial charge in [0.1, 0.15) is 0 Å². The van der Waals surface area contributed by atoms with Gasteiger partial charge >= 0.3 is 5.97 Å². The van der Waals surface area contributed by atoms with Crippen LogP contribution in [0, 0.1) is 0 Å². The van der Waals surface area contributed by atoms with Crippen LogP contribution in [-0.4, -0.2) is 18.1 Å². The van der Waals surface area contributed by atoms with Crippen LogP contribution in [-0.2, 0) is 4.79 Å². The minimum absolute atomic E-state index is 0.104. The van der Waals surface area contributed by atoms with E-state index in [1.54, 1.807) is 30.1 Å². The van der Waals surface area contributed by atoms with Gasteiger partial charge in [0.15, 0.2) is 5.75 Å². The molecule has 0 bridgehead atoms. The van der Waals surface area contributed by atoms with Crippen molar-refractivity contribution in [3.05, 3.63) is 35.2 Å². The summed E-state index contributed by atoms with van der Waals surface area (Å²) in [6.07, 6.45) is 1.40. The third-order valence-electron chi connectivity index (χ3n) is 2.04. The molecule has 0 saturated heterocycles. The fourth-order valence-corrected chi connectivity index (χ4v) is 1.51. The molecule has 0 aliphatic carbocycles. The molecule has 4 nitrogen and oxygen atoms in total. The number of benzene rings is 1. The van der Waals surface area contributed by atoms with Crippen molar-refractivity contribution in [3.63, 3.8) is 0 Å². The maximum absolute atomic E-state index is 10.7.